The number of rotatable bonds is 5. The summed E-state index contributed by atoms with van der Waals surface area (Å²) in [6, 6.07) is 5.83. The quantitative estimate of drug-likeness (QED) is 0.765. The number of benzene rings is 1. The average Bonchev–Trinajstić information content (AvgIpc) is 2.25. The van der Waals surface area contributed by atoms with Crippen molar-refractivity contribution in [1.82, 2.24) is 0 Å². The molecule has 2 nitrogen and oxygen atoms in total. The molecule has 88 valence electrons. The van der Waals surface area contributed by atoms with Crippen LogP contribution >= 0.6 is 15.9 Å². The number of nitrogens with zero attached hydrogens (tertiary/aromatic N) is 1. The Labute approximate surface area is 106 Å². The van der Waals surface area contributed by atoms with Gasteiger partial charge in [0.25, 0.3) is 0 Å². The van der Waals surface area contributed by atoms with Gasteiger partial charge in [-0.1, -0.05) is 22.9 Å². The molecular weight excluding hydrogens is 266 g/mol. The van der Waals surface area contributed by atoms with Crippen LogP contribution in [0.1, 0.15) is 37.6 Å². The lowest BCUT2D eigenvalue weighted by molar-refractivity contribution is 0.101. The number of carbonyl (C=O) groups is 1. The van der Waals surface area contributed by atoms with E-state index in [0.717, 1.165) is 35.2 Å². The average molecular weight is 284 g/mol. The van der Waals surface area contributed by atoms with Crippen molar-refractivity contribution in [2.45, 2.75) is 27.2 Å². The van der Waals surface area contributed by atoms with Crippen LogP contribution in [0.3, 0.4) is 0 Å². The van der Waals surface area contributed by atoms with Gasteiger partial charge in [-0.25, -0.2) is 0 Å². The molecule has 0 aliphatic heterocycles. The van der Waals surface area contributed by atoms with Crippen LogP contribution in [0.2, 0.25) is 0 Å². The third-order valence-electron chi connectivity index (χ3n) is 2.56. The zero-order valence-corrected chi connectivity index (χ0v) is 11.7. The number of hydrogen-bond donors (Lipinski definition) is 0. The van der Waals surface area contributed by atoms with Crippen molar-refractivity contribution < 1.29 is 4.79 Å². The molecule has 0 radical (unpaired) electrons. The second-order valence-corrected chi connectivity index (χ2v) is 4.71. The van der Waals surface area contributed by atoms with E-state index in [4.69, 9.17) is 0 Å². The molecule has 0 saturated carbocycles. The highest BCUT2D eigenvalue weighted by molar-refractivity contribution is 9.10. The number of ketones is 1. The molecule has 1 aromatic rings. The topological polar surface area (TPSA) is 20.3 Å². The first-order valence-electron chi connectivity index (χ1n) is 5.65. The summed E-state index contributed by atoms with van der Waals surface area (Å²) in [5.41, 5.74) is 1.84. The molecule has 0 fully saturated rings. The number of Topliss-reactive ketones (excluding diaryl/α,β-unsaturated/α-hetero) is 1. The Morgan fingerprint density at radius 2 is 2.06 bits per heavy atom. The third kappa shape index (κ3) is 3.08. The molecule has 0 aromatic heterocycles. The van der Waals surface area contributed by atoms with Gasteiger partial charge in [0.1, 0.15) is 0 Å². The number of carbonyl (C=O) groups excluding carboxylic acids is 1. The fourth-order valence-electron chi connectivity index (χ4n) is 1.78. The Bertz CT molecular complexity index is 376. The van der Waals surface area contributed by atoms with Gasteiger partial charge in [0.05, 0.1) is 0 Å². The molecule has 0 spiro atoms. The summed E-state index contributed by atoms with van der Waals surface area (Å²) in [4.78, 5) is 13.8. The molecule has 1 rings (SSSR count). The van der Waals surface area contributed by atoms with Crippen LogP contribution in [-0.2, 0) is 0 Å². The Morgan fingerprint density at radius 3 is 2.56 bits per heavy atom. The summed E-state index contributed by atoms with van der Waals surface area (Å²) in [6.45, 7) is 7.78. The molecule has 0 aliphatic rings. The Hall–Kier alpha value is -0.830. The van der Waals surface area contributed by atoms with Gasteiger partial charge in [0.15, 0.2) is 5.78 Å². The second-order valence-electron chi connectivity index (χ2n) is 3.80. The van der Waals surface area contributed by atoms with E-state index in [2.05, 4.69) is 34.7 Å². The van der Waals surface area contributed by atoms with Crippen LogP contribution in [0, 0.1) is 0 Å². The Morgan fingerprint density at radius 1 is 1.38 bits per heavy atom. The van der Waals surface area contributed by atoms with E-state index >= 15 is 0 Å². The van der Waals surface area contributed by atoms with Crippen molar-refractivity contribution in [3.63, 3.8) is 0 Å². The molecule has 0 atom stereocenters. The van der Waals surface area contributed by atoms with Crippen LogP contribution in [-0.4, -0.2) is 18.9 Å². The molecule has 0 aliphatic carbocycles. The lowest BCUT2D eigenvalue weighted by Crippen LogP contribution is -2.25. The van der Waals surface area contributed by atoms with Gasteiger partial charge >= 0.3 is 0 Å². The van der Waals surface area contributed by atoms with Gasteiger partial charge in [-0.2, -0.15) is 0 Å². The molecule has 0 amide bonds. The summed E-state index contributed by atoms with van der Waals surface area (Å²) in [7, 11) is 0. The van der Waals surface area contributed by atoms with E-state index in [1.165, 1.54) is 0 Å². The first-order valence-corrected chi connectivity index (χ1v) is 6.44. The summed E-state index contributed by atoms with van der Waals surface area (Å²) >= 11 is 3.46. The van der Waals surface area contributed by atoms with E-state index in [1.54, 1.807) is 6.92 Å². The molecule has 0 saturated heterocycles. The van der Waals surface area contributed by atoms with Crippen LogP contribution in [0.5, 0.6) is 0 Å². The predicted molar refractivity (Wildman–Crippen MR) is 72.3 cm³/mol. The minimum absolute atomic E-state index is 0.122. The first kappa shape index (κ1) is 13.2. The fraction of sp³-hybridized carbons (Fsp3) is 0.462. The maximum atomic E-state index is 11.6. The highest BCUT2D eigenvalue weighted by Crippen LogP contribution is 2.25. The van der Waals surface area contributed by atoms with Gasteiger partial charge in [-0.15, -0.1) is 0 Å². The summed E-state index contributed by atoms with van der Waals surface area (Å²) in [5.74, 6) is 0.122. The van der Waals surface area contributed by atoms with Crippen molar-refractivity contribution in [3.8, 4) is 0 Å². The molecule has 0 N–H and O–H groups in total. The maximum Gasteiger partial charge on any atom is 0.161 e. The van der Waals surface area contributed by atoms with Crippen molar-refractivity contribution in [2.75, 3.05) is 18.0 Å². The van der Waals surface area contributed by atoms with E-state index < -0.39 is 0 Å². The lowest BCUT2D eigenvalue weighted by atomic mass is 10.1. The summed E-state index contributed by atoms with van der Waals surface area (Å²) < 4.78 is 1.02. The summed E-state index contributed by atoms with van der Waals surface area (Å²) in [6.07, 6.45) is 1.08. The molecule has 0 unspecified atom stereocenters. The van der Waals surface area contributed by atoms with Gasteiger partial charge in [0, 0.05) is 28.8 Å². The zero-order valence-electron chi connectivity index (χ0n) is 10.1. The largest absolute Gasteiger partial charge is 0.371 e. The number of anilines is 1. The van der Waals surface area contributed by atoms with Crippen molar-refractivity contribution in [1.29, 1.82) is 0 Å². The molecule has 0 bridgehead atoms. The SMILES string of the molecule is CCCN(CC)c1cc(Br)ccc1C(C)=O. The maximum absolute atomic E-state index is 11.6. The van der Waals surface area contributed by atoms with E-state index in [-0.39, 0.29) is 5.78 Å². The Balaban J connectivity index is 3.16. The highest BCUT2D eigenvalue weighted by Gasteiger charge is 2.12. The first-order chi connectivity index (χ1) is 7.60. The minimum atomic E-state index is 0.122. The fourth-order valence-corrected chi connectivity index (χ4v) is 2.13. The van der Waals surface area contributed by atoms with Crippen molar-refractivity contribution >= 4 is 27.4 Å². The van der Waals surface area contributed by atoms with Crippen LogP contribution in [0.15, 0.2) is 22.7 Å². The summed E-state index contributed by atoms with van der Waals surface area (Å²) in [5, 5.41) is 0. The highest BCUT2D eigenvalue weighted by atomic mass is 79.9. The van der Waals surface area contributed by atoms with Gasteiger partial charge in [0.2, 0.25) is 0 Å². The van der Waals surface area contributed by atoms with Gasteiger partial charge in [-0.05, 0) is 38.5 Å². The van der Waals surface area contributed by atoms with Crippen LogP contribution in [0.4, 0.5) is 5.69 Å². The van der Waals surface area contributed by atoms with E-state index in [9.17, 15) is 4.79 Å². The van der Waals surface area contributed by atoms with E-state index in [0.29, 0.717) is 0 Å². The minimum Gasteiger partial charge on any atom is -0.371 e. The Kier molecular flexibility index (Phi) is 5.00. The van der Waals surface area contributed by atoms with Crippen molar-refractivity contribution in [2.24, 2.45) is 0 Å². The van der Waals surface area contributed by atoms with Gasteiger partial charge in [-0.3, -0.25) is 4.79 Å². The smallest absolute Gasteiger partial charge is 0.161 e. The molecule has 0 heterocycles. The predicted octanol–water partition coefficient (Wildman–Crippen LogP) is 3.89. The number of halogens is 1. The van der Waals surface area contributed by atoms with Crippen molar-refractivity contribution in [3.05, 3.63) is 28.2 Å². The molecule has 16 heavy (non-hydrogen) atoms. The monoisotopic (exact) mass is 283 g/mol. The van der Waals surface area contributed by atoms with Gasteiger partial charge < -0.3 is 4.90 Å². The lowest BCUT2D eigenvalue weighted by Gasteiger charge is -2.24. The zero-order chi connectivity index (χ0) is 12.1. The molecular formula is C13H18BrNO. The standard InChI is InChI=1S/C13H18BrNO/c1-4-8-15(5-2)13-9-11(14)6-7-12(13)10(3)16/h6-7,9H,4-5,8H2,1-3H3. The normalized spacial score (nSPS) is 10.2. The molecule has 3 heteroatoms. The number of hydrogen-bond acceptors (Lipinski definition) is 2. The van der Waals surface area contributed by atoms with Crippen LogP contribution < -0.4 is 4.90 Å². The second kappa shape index (κ2) is 6.04. The third-order valence-corrected chi connectivity index (χ3v) is 3.05. The van der Waals surface area contributed by atoms with Crippen LogP contribution in [0.25, 0.3) is 0 Å². The van der Waals surface area contributed by atoms with E-state index in [1.807, 2.05) is 18.2 Å². The molecule has 1 aromatic carbocycles.